The maximum Gasteiger partial charge on any atom is 0.247 e. The molecule has 0 unspecified atom stereocenters. The lowest BCUT2D eigenvalue weighted by Gasteiger charge is -2.33. The number of sulfone groups is 1. The van der Waals surface area contributed by atoms with Crippen LogP contribution in [0.15, 0.2) is 23.6 Å². The minimum atomic E-state index is -3.54. The standard InChI is InChI=1S/C18H23N3O3S2/c1-12-4-5-14(13(2)10-12)15-11-25-17(20-15)21-16(22)18(26(3,23)24)6-8-19-9-7-18/h4-5,10-11,19H,6-9H2,1-3H3,(H,20,21,22). The Kier molecular flexibility index (Phi) is 5.18. The van der Waals surface area contributed by atoms with Gasteiger partial charge in [-0.05, 0) is 45.3 Å². The Hall–Kier alpha value is -1.77. The van der Waals surface area contributed by atoms with E-state index >= 15 is 0 Å². The summed E-state index contributed by atoms with van der Waals surface area (Å²) in [5.41, 5.74) is 4.07. The summed E-state index contributed by atoms with van der Waals surface area (Å²) in [7, 11) is -3.54. The van der Waals surface area contributed by atoms with Crippen molar-refractivity contribution in [2.45, 2.75) is 31.4 Å². The highest BCUT2D eigenvalue weighted by molar-refractivity contribution is 7.92. The number of carbonyl (C=O) groups excluding carboxylic acids is 1. The predicted molar refractivity (Wildman–Crippen MR) is 105 cm³/mol. The lowest BCUT2D eigenvalue weighted by Crippen LogP contribution is -2.55. The minimum absolute atomic E-state index is 0.271. The Morgan fingerprint density at radius 2 is 1.96 bits per heavy atom. The Balaban J connectivity index is 1.85. The molecular formula is C18H23N3O3S2. The predicted octanol–water partition coefficient (Wildman–Crippen LogP) is 2.53. The molecule has 3 rings (SSSR count). The van der Waals surface area contributed by atoms with Crippen molar-refractivity contribution in [1.82, 2.24) is 10.3 Å². The van der Waals surface area contributed by atoms with Gasteiger partial charge in [0.1, 0.15) is 0 Å². The van der Waals surface area contributed by atoms with Crippen LogP contribution in [0.25, 0.3) is 11.3 Å². The van der Waals surface area contributed by atoms with Crippen molar-refractivity contribution in [3.05, 3.63) is 34.7 Å². The number of anilines is 1. The van der Waals surface area contributed by atoms with E-state index in [9.17, 15) is 13.2 Å². The molecular weight excluding hydrogens is 370 g/mol. The first-order valence-corrected chi connectivity index (χ1v) is 11.2. The van der Waals surface area contributed by atoms with Crippen molar-refractivity contribution < 1.29 is 13.2 Å². The molecule has 1 aliphatic heterocycles. The fraction of sp³-hybridized carbons (Fsp3) is 0.444. The lowest BCUT2D eigenvalue weighted by atomic mass is 9.96. The lowest BCUT2D eigenvalue weighted by molar-refractivity contribution is -0.119. The van der Waals surface area contributed by atoms with Crippen LogP contribution in [0, 0.1) is 13.8 Å². The van der Waals surface area contributed by atoms with Crippen LogP contribution in [0.2, 0.25) is 0 Å². The van der Waals surface area contributed by atoms with Crippen molar-refractivity contribution >= 4 is 32.2 Å². The van der Waals surface area contributed by atoms with Gasteiger partial charge in [-0.25, -0.2) is 13.4 Å². The van der Waals surface area contributed by atoms with E-state index in [1.807, 2.05) is 31.4 Å². The van der Waals surface area contributed by atoms with Crippen molar-refractivity contribution in [3.63, 3.8) is 0 Å². The molecule has 1 aromatic heterocycles. The second-order valence-electron chi connectivity index (χ2n) is 6.83. The van der Waals surface area contributed by atoms with Crippen LogP contribution < -0.4 is 10.6 Å². The molecule has 0 atom stereocenters. The summed E-state index contributed by atoms with van der Waals surface area (Å²) in [6.07, 6.45) is 1.68. The van der Waals surface area contributed by atoms with Gasteiger partial charge in [0.05, 0.1) is 5.69 Å². The highest BCUT2D eigenvalue weighted by atomic mass is 32.2. The molecule has 0 spiro atoms. The van der Waals surface area contributed by atoms with E-state index in [-0.39, 0.29) is 12.8 Å². The van der Waals surface area contributed by atoms with Crippen LogP contribution in [-0.2, 0) is 14.6 Å². The SMILES string of the molecule is Cc1ccc(-c2csc(NC(=O)C3(S(C)(=O)=O)CCNCC3)n2)c(C)c1. The molecule has 6 nitrogen and oxygen atoms in total. The van der Waals surface area contributed by atoms with Crippen LogP contribution in [0.4, 0.5) is 5.13 Å². The molecule has 1 fully saturated rings. The number of nitrogens with one attached hydrogen (secondary N) is 2. The fourth-order valence-electron chi connectivity index (χ4n) is 3.36. The van der Waals surface area contributed by atoms with E-state index < -0.39 is 20.5 Å². The maximum absolute atomic E-state index is 12.8. The summed E-state index contributed by atoms with van der Waals surface area (Å²) in [5.74, 6) is -0.483. The molecule has 1 saturated heterocycles. The molecule has 0 radical (unpaired) electrons. The molecule has 140 valence electrons. The van der Waals surface area contributed by atoms with Gasteiger partial charge in [-0.15, -0.1) is 11.3 Å². The maximum atomic E-state index is 12.8. The number of aromatic nitrogens is 1. The zero-order valence-electron chi connectivity index (χ0n) is 15.1. The van der Waals surface area contributed by atoms with E-state index in [0.717, 1.165) is 23.1 Å². The Labute approximate surface area is 158 Å². The molecule has 2 aromatic rings. The van der Waals surface area contributed by atoms with Crippen molar-refractivity contribution in [2.75, 3.05) is 24.7 Å². The topological polar surface area (TPSA) is 88.2 Å². The smallest absolute Gasteiger partial charge is 0.247 e. The third-order valence-electron chi connectivity index (χ3n) is 4.92. The average molecular weight is 394 g/mol. The number of hydrogen-bond acceptors (Lipinski definition) is 6. The largest absolute Gasteiger partial charge is 0.317 e. The first kappa shape index (κ1) is 19.0. The van der Waals surface area contributed by atoms with Gasteiger partial charge in [-0.3, -0.25) is 4.79 Å². The fourth-order valence-corrected chi connectivity index (χ4v) is 5.40. The second-order valence-corrected chi connectivity index (χ2v) is 10.0. The molecule has 2 heterocycles. The molecule has 0 saturated carbocycles. The quantitative estimate of drug-likeness (QED) is 0.833. The summed E-state index contributed by atoms with van der Waals surface area (Å²) in [4.78, 5) is 17.3. The molecule has 0 aliphatic carbocycles. The molecule has 8 heteroatoms. The van der Waals surface area contributed by atoms with Crippen molar-refractivity contribution in [2.24, 2.45) is 0 Å². The van der Waals surface area contributed by atoms with Gasteiger partial charge >= 0.3 is 0 Å². The van der Waals surface area contributed by atoms with Crippen LogP contribution in [0.3, 0.4) is 0 Å². The number of nitrogens with zero attached hydrogens (tertiary/aromatic N) is 1. The first-order valence-electron chi connectivity index (χ1n) is 8.48. The second kappa shape index (κ2) is 7.09. The van der Waals surface area contributed by atoms with E-state index in [0.29, 0.717) is 18.2 Å². The Morgan fingerprint density at radius 3 is 2.58 bits per heavy atom. The van der Waals surface area contributed by atoms with Crippen molar-refractivity contribution in [3.8, 4) is 11.3 Å². The number of amides is 1. The van der Waals surface area contributed by atoms with Crippen LogP contribution in [-0.4, -0.2) is 43.4 Å². The molecule has 1 aromatic carbocycles. The van der Waals surface area contributed by atoms with Gasteiger partial charge in [0, 0.05) is 17.2 Å². The summed E-state index contributed by atoms with van der Waals surface area (Å²) < 4.78 is 23.3. The van der Waals surface area contributed by atoms with Crippen LogP contribution in [0.1, 0.15) is 24.0 Å². The number of benzene rings is 1. The molecule has 1 amide bonds. The highest BCUT2D eigenvalue weighted by Gasteiger charge is 2.48. The summed E-state index contributed by atoms with van der Waals surface area (Å²) in [5, 5.41) is 8.15. The first-order chi connectivity index (χ1) is 12.2. The van der Waals surface area contributed by atoms with Gasteiger partial charge in [0.25, 0.3) is 0 Å². The molecule has 2 N–H and O–H groups in total. The highest BCUT2D eigenvalue weighted by Crippen LogP contribution is 2.32. The third-order valence-corrected chi connectivity index (χ3v) is 7.69. The van der Waals surface area contributed by atoms with Gasteiger partial charge in [0.15, 0.2) is 19.7 Å². The van der Waals surface area contributed by atoms with Gasteiger partial charge < -0.3 is 10.6 Å². The number of rotatable bonds is 4. The zero-order chi connectivity index (χ0) is 18.9. The molecule has 1 aliphatic rings. The van der Waals surface area contributed by atoms with Crippen molar-refractivity contribution in [1.29, 1.82) is 0 Å². The number of aryl methyl sites for hydroxylation is 2. The van der Waals surface area contributed by atoms with Gasteiger partial charge in [-0.2, -0.15) is 0 Å². The molecule has 0 bridgehead atoms. The normalized spacial score (nSPS) is 17.0. The number of piperidine rings is 1. The zero-order valence-corrected chi connectivity index (χ0v) is 16.8. The number of thiazole rings is 1. The van der Waals surface area contributed by atoms with Gasteiger partial charge in [0.2, 0.25) is 5.91 Å². The van der Waals surface area contributed by atoms with E-state index in [1.54, 1.807) is 0 Å². The third kappa shape index (κ3) is 3.54. The van der Waals surface area contributed by atoms with E-state index in [2.05, 4.69) is 21.7 Å². The Bertz CT molecular complexity index is 929. The number of hydrogen-bond donors (Lipinski definition) is 2. The molecule has 26 heavy (non-hydrogen) atoms. The van der Waals surface area contributed by atoms with Gasteiger partial charge in [-0.1, -0.05) is 23.8 Å². The van der Waals surface area contributed by atoms with E-state index in [4.69, 9.17) is 0 Å². The summed E-state index contributed by atoms with van der Waals surface area (Å²) in [6, 6.07) is 6.12. The average Bonchev–Trinajstić information content (AvgIpc) is 3.02. The van der Waals surface area contributed by atoms with E-state index in [1.165, 1.54) is 16.9 Å². The number of carbonyl (C=O) groups is 1. The van der Waals surface area contributed by atoms with Crippen LogP contribution >= 0.6 is 11.3 Å². The Morgan fingerprint density at radius 1 is 1.27 bits per heavy atom. The van der Waals surface area contributed by atoms with Crippen LogP contribution in [0.5, 0.6) is 0 Å². The summed E-state index contributed by atoms with van der Waals surface area (Å²) >= 11 is 1.31. The monoisotopic (exact) mass is 393 g/mol. The minimum Gasteiger partial charge on any atom is -0.317 e. The summed E-state index contributed by atoms with van der Waals surface area (Å²) in [6.45, 7) is 5.07.